The Balaban J connectivity index is 2.71. The number of thiocarbonyl (C=S) groups is 1. The van der Waals surface area contributed by atoms with Crippen molar-refractivity contribution < 1.29 is 0 Å². The van der Waals surface area contributed by atoms with Crippen molar-refractivity contribution in [3.8, 4) is 0 Å². The van der Waals surface area contributed by atoms with Crippen LogP contribution in [0, 0.1) is 0 Å². The molecule has 2 unspecified atom stereocenters. The summed E-state index contributed by atoms with van der Waals surface area (Å²) in [6.45, 7) is 5.63. The summed E-state index contributed by atoms with van der Waals surface area (Å²) in [6, 6.07) is 1.02. The lowest BCUT2D eigenvalue weighted by atomic mass is 10.0. The zero-order chi connectivity index (χ0) is 11.3. The molecule has 0 amide bonds. The highest BCUT2D eigenvalue weighted by Crippen LogP contribution is 2.22. The van der Waals surface area contributed by atoms with E-state index in [1.165, 1.54) is 38.6 Å². The highest BCUT2D eigenvalue weighted by molar-refractivity contribution is 7.80. The number of likely N-dealkylation sites (tertiary alicyclic amines) is 1. The molecule has 0 aromatic heterocycles. The second-order valence-corrected chi connectivity index (χ2v) is 4.95. The topological polar surface area (TPSA) is 29.3 Å². The van der Waals surface area contributed by atoms with Crippen LogP contribution in [-0.2, 0) is 0 Å². The Kier molecular flexibility index (Phi) is 5.54. The molecule has 15 heavy (non-hydrogen) atoms. The smallest absolute Gasteiger partial charge is 0.0902 e. The molecule has 1 fully saturated rings. The molecule has 1 aliphatic heterocycles. The van der Waals surface area contributed by atoms with Crippen molar-refractivity contribution in [3.05, 3.63) is 0 Å². The number of nitrogens with zero attached hydrogens (tertiary/aromatic N) is 1. The normalized spacial score (nSPS) is 25.9. The summed E-state index contributed by atoms with van der Waals surface area (Å²) < 4.78 is 0. The Bertz CT molecular complexity index is 206. The minimum atomic E-state index is 0.322. The molecule has 1 saturated heterocycles. The highest BCUT2D eigenvalue weighted by Gasteiger charge is 2.26. The van der Waals surface area contributed by atoms with Crippen molar-refractivity contribution in [1.82, 2.24) is 4.90 Å². The third-order valence-corrected chi connectivity index (χ3v) is 3.78. The van der Waals surface area contributed by atoms with Crippen LogP contribution in [0.25, 0.3) is 0 Å². The molecule has 0 spiro atoms. The first-order chi connectivity index (χ1) is 7.20. The van der Waals surface area contributed by atoms with Crippen LogP contribution in [0.3, 0.4) is 0 Å². The van der Waals surface area contributed by atoms with E-state index in [0.717, 1.165) is 6.42 Å². The summed E-state index contributed by atoms with van der Waals surface area (Å²) in [7, 11) is 0. The van der Waals surface area contributed by atoms with Gasteiger partial charge in [-0.1, -0.05) is 38.9 Å². The van der Waals surface area contributed by atoms with E-state index >= 15 is 0 Å². The van der Waals surface area contributed by atoms with Gasteiger partial charge in [0, 0.05) is 6.04 Å². The highest BCUT2D eigenvalue weighted by atomic mass is 32.1. The largest absolute Gasteiger partial charge is 0.392 e. The molecular formula is C12H24N2S. The predicted molar refractivity (Wildman–Crippen MR) is 70.1 cm³/mol. The molecule has 0 aromatic carbocycles. The first-order valence-electron chi connectivity index (χ1n) is 6.25. The Morgan fingerprint density at radius 1 is 1.40 bits per heavy atom. The molecule has 0 aromatic rings. The van der Waals surface area contributed by atoms with Crippen molar-refractivity contribution >= 4 is 17.2 Å². The maximum atomic E-state index is 5.84. The molecule has 0 aliphatic carbocycles. The van der Waals surface area contributed by atoms with E-state index in [9.17, 15) is 0 Å². The van der Waals surface area contributed by atoms with Crippen LogP contribution in [0.5, 0.6) is 0 Å². The average Bonchev–Trinajstić information content (AvgIpc) is 2.44. The summed E-state index contributed by atoms with van der Waals surface area (Å²) in [6.07, 6.45) is 7.61. The molecule has 0 radical (unpaired) electrons. The van der Waals surface area contributed by atoms with Gasteiger partial charge in [0.05, 0.1) is 11.0 Å². The van der Waals surface area contributed by atoms with E-state index in [1.807, 2.05) is 0 Å². The second-order valence-electron chi connectivity index (χ2n) is 4.48. The van der Waals surface area contributed by atoms with Gasteiger partial charge < -0.3 is 5.73 Å². The molecule has 1 heterocycles. The van der Waals surface area contributed by atoms with Crippen LogP contribution in [0.15, 0.2) is 0 Å². The molecular weight excluding hydrogens is 204 g/mol. The van der Waals surface area contributed by atoms with Crippen molar-refractivity contribution in [2.75, 3.05) is 6.54 Å². The number of hydrogen-bond donors (Lipinski definition) is 1. The van der Waals surface area contributed by atoms with Crippen molar-refractivity contribution in [2.45, 2.75) is 64.5 Å². The summed E-state index contributed by atoms with van der Waals surface area (Å²) in [4.78, 5) is 3.23. The standard InChI is InChI=1S/C12H24N2S/c1-3-10-8-6-5-7-9-14(10)11(4-2)12(13)15/h10-11H,3-9H2,1-2H3,(H2,13,15). The molecule has 1 aliphatic rings. The van der Waals surface area contributed by atoms with Gasteiger partial charge in [0.25, 0.3) is 0 Å². The first kappa shape index (κ1) is 12.9. The van der Waals surface area contributed by atoms with Gasteiger partial charge in [0.1, 0.15) is 0 Å². The van der Waals surface area contributed by atoms with Gasteiger partial charge in [-0.25, -0.2) is 0 Å². The van der Waals surface area contributed by atoms with E-state index in [4.69, 9.17) is 18.0 Å². The zero-order valence-corrected chi connectivity index (χ0v) is 10.9. The monoisotopic (exact) mass is 228 g/mol. The van der Waals surface area contributed by atoms with Gasteiger partial charge in [-0.05, 0) is 32.2 Å². The summed E-state index contributed by atoms with van der Waals surface area (Å²) in [5, 5.41) is 0. The van der Waals surface area contributed by atoms with Gasteiger partial charge in [-0.15, -0.1) is 0 Å². The van der Waals surface area contributed by atoms with Crippen LogP contribution >= 0.6 is 12.2 Å². The first-order valence-corrected chi connectivity index (χ1v) is 6.66. The third-order valence-electron chi connectivity index (χ3n) is 3.51. The number of nitrogens with two attached hydrogens (primary N) is 1. The van der Waals surface area contributed by atoms with Gasteiger partial charge in [0.15, 0.2) is 0 Å². The maximum Gasteiger partial charge on any atom is 0.0902 e. The molecule has 2 N–H and O–H groups in total. The Labute approximate surface area is 99.2 Å². The lowest BCUT2D eigenvalue weighted by molar-refractivity contribution is 0.165. The van der Waals surface area contributed by atoms with Crippen molar-refractivity contribution in [1.29, 1.82) is 0 Å². The molecule has 2 nitrogen and oxygen atoms in total. The van der Waals surface area contributed by atoms with Crippen LogP contribution in [-0.4, -0.2) is 28.5 Å². The van der Waals surface area contributed by atoms with E-state index in [2.05, 4.69) is 18.7 Å². The minimum Gasteiger partial charge on any atom is -0.392 e. The molecule has 2 atom stereocenters. The molecule has 3 heteroatoms. The number of hydrogen-bond acceptors (Lipinski definition) is 2. The summed E-state index contributed by atoms with van der Waals surface area (Å²) in [5.41, 5.74) is 5.84. The fraction of sp³-hybridized carbons (Fsp3) is 0.917. The predicted octanol–water partition coefficient (Wildman–Crippen LogP) is 2.71. The Morgan fingerprint density at radius 3 is 2.67 bits per heavy atom. The SMILES string of the molecule is CCC1CCCCCN1C(CC)C(N)=S. The van der Waals surface area contributed by atoms with Crippen molar-refractivity contribution in [3.63, 3.8) is 0 Å². The number of rotatable bonds is 4. The van der Waals surface area contributed by atoms with E-state index in [0.29, 0.717) is 17.1 Å². The average molecular weight is 228 g/mol. The fourth-order valence-electron chi connectivity index (χ4n) is 2.65. The Hall–Kier alpha value is -0.150. The van der Waals surface area contributed by atoms with Crippen LogP contribution < -0.4 is 5.73 Å². The van der Waals surface area contributed by atoms with Gasteiger partial charge >= 0.3 is 0 Å². The zero-order valence-electron chi connectivity index (χ0n) is 10.0. The Morgan fingerprint density at radius 2 is 2.13 bits per heavy atom. The maximum absolute atomic E-state index is 5.84. The van der Waals surface area contributed by atoms with Crippen LogP contribution in [0.4, 0.5) is 0 Å². The lowest BCUT2D eigenvalue weighted by Crippen LogP contribution is -2.48. The minimum absolute atomic E-state index is 0.322. The second kappa shape index (κ2) is 6.44. The van der Waals surface area contributed by atoms with E-state index in [1.54, 1.807) is 0 Å². The fourth-order valence-corrected chi connectivity index (χ4v) is 2.95. The van der Waals surface area contributed by atoms with Gasteiger partial charge in [-0.3, -0.25) is 4.90 Å². The summed E-state index contributed by atoms with van der Waals surface area (Å²) >= 11 is 5.18. The van der Waals surface area contributed by atoms with Gasteiger partial charge in [0.2, 0.25) is 0 Å². The molecule has 0 saturated carbocycles. The van der Waals surface area contributed by atoms with Crippen LogP contribution in [0.1, 0.15) is 52.4 Å². The van der Waals surface area contributed by atoms with Crippen LogP contribution in [0.2, 0.25) is 0 Å². The van der Waals surface area contributed by atoms with E-state index in [-0.39, 0.29) is 0 Å². The molecule has 88 valence electrons. The quantitative estimate of drug-likeness (QED) is 0.750. The lowest BCUT2D eigenvalue weighted by Gasteiger charge is -2.35. The molecule has 0 bridgehead atoms. The third kappa shape index (κ3) is 3.42. The molecule has 1 rings (SSSR count). The summed E-state index contributed by atoms with van der Waals surface area (Å²) in [5.74, 6) is 0. The van der Waals surface area contributed by atoms with Crippen molar-refractivity contribution in [2.24, 2.45) is 5.73 Å². The van der Waals surface area contributed by atoms with Gasteiger partial charge in [-0.2, -0.15) is 0 Å². The van der Waals surface area contributed by atoms with E-state index < -0.39 is 0 Å².